The van der Waals surface area contributed by atoms with Crippen LogP contribution < -0.4 is 10.0 Å². The highest BCUT2D eigenvalue weighted by atomic mass is 35.5. The highest BCUT2D eigenvalue weighted by Gasteiger charge is 2.36. The minimum Gasteiger partial charge on any atom is -0.444 e. The van der Waals surface area contributed by atoms with Crippen molar-refractivity contribution in [1.82, 2.24) is 4.90 Å². The summed E-state index contributed by atoms with van der Waals surface area (Å²) in [4.78, 5) is 26.8. The van der Waals surface area contributed by atoms with Crippen molar-refractivity contribution in [1.29, 1.82) is 0 Å². The third-order valence-electron chi connectivity index (χ3n) is 5.05. The lowest BCUT2D eigenvalue weighted by Crippen LogP contribution is -2.45. The third-order valence-corrected chi connectivity index (χ3v) is 6.88. The maximum absolute atomic E-state index is 13.0. The quantitative estimate of drug-likeness (QED) is 0.623. The van der Waals surface area contributed by atoms with Crippen molar-refractivity contribution in [3.8, 4) is 0 Å². The number of aryl methyl sites for hydroxylation is 1. The highest BCUT2D eigenvalue weighted by molar-refractivity contribution is 7.92. The SMILES string of the molecule is Cc1ccc(NC(=O)C2CCCN2C(=O)OC(C)(C)C)cc1S(=O)(=O)Nc1ccccc1Cl. The van der Waals surface area contributed by atoms with Crippen LogP contribution in [-0.4, -0.2) is 43.5 Å². The van der Waals surface area contributed by atoms with E-state index in [1.807, 2.05) is 0 Å². The minimum absolute atomic E-state index is 0.00985. The Morgan fingerprint density at radius 2 is 1.85 bits per heavy atom. The second-order valence-electron chi connectivity index (χ2n) is 8.89. The monoisotopic (exact) mass is 493 g/mol. The molecule has 0 saturated carbocycles. The number of carbonyl (C=O) groups excluding carboxylic acids is 2. The van der Waals surface area contributed by atoms with Gasteiger partial charge in [0, 0.05) is 12.2 Å². The fraction of sp³-hybridized carbons (Fsp3) is 0.391. The molecule has 2 aromatic rings. The zero-order valence-electron chi connectivity index (χ0n) is 19.0. The molecule has 2 N–H and O–H groups in total. The molecule has 1 aliphatic rings. The van der Waals surface area contributed by atoms with Gasteiger partial charge in [0.15, 0.2) is 0 Å². The number of para-hydroxylation sites is 1. The number of rotatable bonds is 5. The van der Waals surface area contributed by atoms with Crippen LogP contribution in [0.15, 0.2) is 47.4 Å². The molecule has 1 saturated heterocycles. The molecule has 0 bridgehead atoms. The number of halogens is 1. The van der Waals surface area contributed by atoms with Gasteiger partial charge in [-0.15, -0.1) is 0 Å². The maximum atomic E-state index is 13.0. The largest absolute Gasteiger partial charge is 0.444 e. The Kier molecular flexibility index (Phi) is 7.23. The number of anilines is 2. The van der Waals surface area contributed by atoms with Gasteiger partial charge in [-0.3, -0.25) is 14.4 Å². The van der Waals surface area contributed by atoms with Crippen LogP contribution in [0.3, 0.4) is 0 Å². The minimum atomic E-state index is -3.96. The average Bonchev–Trinajstić information content (AvgIpc) is 3.20. The molecule has 1 unspecified atom stereocenters. The number of ether oxygens (including phenoxy) is 1. The van der Waals surface area contributed by atoms with Gasteiger partial charge in [0.2, 0.25) is 5.91 Å². The van der Waals surface area contributed by atoms with Gasteiger partial charge < -0.3 is 10.1 Å². The molecule has 1 aliphatic heterocycles. The molecule has 2 amide bonds. The van der Waals surface area contributed by atoms with Crippen molar-refractivity contribution < 1.29 is 22.7 Å². The second-order valence-corrected chi connectivity index (χ2v) is 10.9. The number of nitrogens with zero attached hydrogens (tertiary/aromatic N) is 1. The maximum Gasteiger partial charge on any atom is 0.410 e. The van der Waals surface area contributed by atoms with Gasteiger partial charge in [0.05, 0.1) is 15.6 Å². The molecule has 3 rings (SSSR count). The number of sulfonamides is 1. The normalized spacial score (nSPS) is 16.4. The Hall–Kier alpha value is -2.78. The van der Waals surface area contributed by atoms with Crippen molar-refractivity contribution in [3.63, 3.8) is 0 Å². The van der Waals surface area contributed by atoms with Gasteiger partial charge in [-0.1, -0.05) is 29.8 Å². The fourth-order valence-corrected chi connectivity index (χ4v) is 5.11. The number of likely N-dealkylation sites (tertiary alicyclic amines) is 1. The van der Waals surface area contributed by atoms with Crippen LogP contribution in [0.25, 0.3) is 0 Å². The van der Waals surface area contributed by atoms with Crippen LogP contribution in [0.4, 0.5) is 16.2 Å². The molecule has 10 heteroatoms. The number of benzene rings is 2. The van der Waals surface area contributed by atoms with Crippen LogP contribution in [-0.2, 0) is 19.6 Å². The average molecular weight is 494 g/mol. The van der Waals surface area contributed by atoms with E-state index in [1.54, 1.807) is 64.1 Å². The summed E-state index contributed by atoms with van der Waals surface area (Å²) in [6.07, 6.45) is 0.624. The first-order valence-electron chi connectivity index (χ1n) is 10.6. The van der Waals surface area contributed by atoms with Crippen LogP contribution in [0, 0.1) is 6.92 Å². The van der Waals surface area contributed by atoms with E-state index < -0.39 is 33.7 Å². The molecule has 8 nitrogen and oxygen atoms in total. The summed E-state index contributed by atoms with van der Waals surface area (Å²) in [6.45, 7) is 7.37. The second kappa shape index (κ2) is 9.61. The molecular formula is C23H28ClN3O5S. The summed E-state index contributed by atoms with van der Waals surface area (Å²) < 4.78 is 33.9. The van der Waals surface area contributed by atoms with Crippen molar-refractivity contribution in [3.05, 3.63) is 53.1 Å². The van der Waals surface area contributed by atoms with E-state index in [2.05, 4.69) is 10.0 Å². The van der Waals surface area contributed by atoms with Crippen molar-refractivity contribution in [2.24, 2.45) is 0 Å². The molecule has 1 atom stereocenters. The van der Waals surface area contributed by atoms with E-state index in [4.69, 9.17) is 16.3 Å². The number of hydrogen-bond acceptors (Lipinski definition) is 5. The summed E-state index contributed by atoms with van der Waals surface area (Å²) in [6, 6.07) is 10.4. The zero-order chi connectivity index (χ0) is 24.4. The van der Waals surface area contributed by atoms with Gasteiger partial charge >= 0.3 is 6.09 Å². The Balaban J connectivity index is 1.78. The van der Waals surface area contributed by atoms with E-state index in [9.17, 15) is 18.0 Å². The Morgan fingerprint density at radius 1 is 1.15 bits per heavy atom. The Labute approximate surface area is 199 Å². The zero-order valence-corrected chi connectivity index (χ0v) is 20.6. The van der Waals surface area contributed by atoms with E-state index in [0.29, 0.717) is 30.6 Å². The Morgan fingerprint density at radius 3 is 2.52 bits per heavy atom. The van der Waals surface area contributed by atoms with E-state index in [-0.39, 0.29) is 15.6 Å². The van der Waals surface area contributed by atoms with E-state index in [0.717, 1.165) is 0 Å². The fourth-order valence-electron chi connectivity index (χ4n) is 3.52. The third kappa shape index (κ3) is 6.17. The smallest absolute Gasteiger partial charge is 0.410 e. The number of amides is 2. The van der Waals surface area contributed by atoms with E-state index in [1.165, 1.54) is 11.0 Å². The first kappa shape index (κ1) is 24.9. The number of carbonyl (C=O) groups is 2. The van der Waals surface area contributed by atoms with Crippen molar-refractivity contribution in [2.75, 3.05) is 16.6 Å². The summed E-state index contributed by atoms with van der Waals surface area (Å²) in [5.74, 6) is -0.398. The van der Waals surface area contributed by atoms with Gasteiger partial charge in [-0.2, -0.15) is 0 Å². The van der Waals surface area contributed by atoms with Gasteiger partial charge in [0.1, 0.15) is 11.6 Å². The summed E-state index contributed by atoms with van der Waals surface area (Å²) in [5.41, 5.74) is 0.396. The van der Waals surface area contributed by atoms with Crippen molar-refractivity contribution in [2.45, 2.75) is 57.1 Å². The first-order chi connectivity index (χ1) is 15.4. The van der Waals surface area contributed by atoms with Gasteiger partial charge in [-0.05, 0) is 70.4 Å². The predicted molar refractivity (Wildman–Crippen MR) is 128 cm³/mol. The van der Waals surface area contributed by atoms with Gasteiger partial charge in [0.25, 0.3) is 10.0 Å². The van der Waals surface area contributed by atoms with E-state index >= 15 is 0 Å². The summed E-state index contributed by atoms with van der Waals surface area (Å²) in [5, 5.41) is 3.01. The molecule has 0 aromatic heterocycles. The van der Waals surface area contributed by atoms with Crippen LogP contribution in [0.1, 0.15) is 39.2 Å². The molecule has 0 aliphatic carbocycles. The summed E-state index contributed by atoms with van der Waals surface area (Å²) in [7, 11) is -3.96. The first-order valence-corrected chi connectivity index (χ1v) is 12.4. The topological polar surface area (TPSA) is 105 Å². The molecule has 2 aromatic carbocycles. The Bertz CT molecular complexity index is 1160. The van der Waals surface area contributed by atoms with Crippen molar-refractivity contribution >= 4 is 45.0 Å². The molecular weight excluding hydrogens is 466 g/mol. The standard InChI is InChI=1S/C23H28ClN3O5S/c1-15-11-12-16(14-20(15)33(30,31)26-18-9-6-5-8-17(18)24)25-21(28)19-10-7-13-27(19)22(29)32-23(2,3)4/h5-6,8-9,11-12,14,19,26H,7,10,13H2,1-4H3,(H,25,28). The predicted octanol–water partition coefficient (Wildman–Crippen LogP) is 4.79. The molecule has 33 heavy (non-hydrogen) atoms. The molecule has 1 fully saturated rings. The highest BCUT2D eigenvalue weighted by Crippen LogP contribution is 2.28. The lowest BCUT2D eigenvalue weighted by Gasteiger charge is -2.28. The lowest BCUT2D eigenvalue weighted by atomic mass is 10.2. The van der Waals surface area contributed by atoms with Crippen LogP contribution in [0.2, 0.25) is 5.02 Å². The lowest BCUT2D eigenvalue weighted by molar-refractivity contribution is -0.120. The number of nitrogens with one attached hydrogen (secondary N) is 2. The number of hydrogen-bond donors (Lipinski definition) is 2. The molecule has 0 radical (unpaired) electrons. The molecule has 0 spiro atoms. The molecule has 1 heterocycles. The van der Waals surface area contributed by atoms with Crippen LogP contribution >= 0.6 is 11.6 Å². The summed E-state index contributed by atoms with van der Waals surface area (Å²) >= 11 is 6.08. The van der Waals surface area contributed by atoms with Gasteiger partial charge in [-0.25, -0.2) is 13.2 Å². The molecule has 178 valence electrons. The van der Waals surface area contributed by atoms with Crippen LogP contribution in [0.5, 0.6) is 0 Å².